The molecule has 3 nitrogen and oxygen atoms in total. The van der Waals surface area contributed by atoms with Crippen LogP contribution in [0.2, 0.25) is 0 Å². The molecule has 2 heterocycles. The van der Waals surface area contributed by atoms with E-state index in [1.807, 2.05) is 11.6 Å². The molecule has 1 aliphatic rings. The standard InChI is InChI=1S/C11H18N2OS/c1-2-12-10(11-13-5-7-15-11)9-4-3-6-14-8-9/h5,7,9-10,12H,2-4,6,8H2,1H3. The average molecular weight is 226 g/mol. The molecule has 4 heteroatoms. The highest BCUT2D eigenvalue weighted by Gasteiger charge is 2.26. The smallest absolute Gasteiger partial charge is 0.110 e. The van der Waals surface area contributed by atoms with Gasteiger partial charge in [-0.15, -0.1) is 11.3 Å². The Morgan fingerprint density at radius 3 is 3.27 bits per heavy atom. The van der Waals surface area contributed by atoms with Crippen LogP contribution in [0, 0.1) is 5.92 Å². The summed E-state index contributed by atoms with van der Waals surface area (Å²) in [7, 11) is 0. The van der Waals surface area contributed by atoms with E-state index in [0.29, 0.717) is 12.0 Å². The Morgan fingerprint density at radius 2 is 2.67 bits per heavy atom. The number of nitrogens with one attached hydrogen (secondary N) is 1. The first-order valence-electron chi connectivity index (χ1n) is 5.62. The van der Waals surface area contributed by atoms with Crippen molar-refractivity contribution in [1.82, 2.24) is 10.3 Å². The summed E-state index contributed by atoms with van der Waals surface area (Å²) in [6.45, 7) is 4.93. The zero-order valence-electron chi connectivity index (χ0n) is 9.11. The highest BCUT2D eigenvalue weighted by molar-refractivity contribution is 7.09. The van der Waals surface area contributed by atoms with Gasteiger partial charge in [0.25, 0.3) is 0 Å². The molecule has 84 valence electrons. The molecule has 2 unspecified atom stereocenters. The Morgan fingerprint density at radius 1 is 1.73 bits per heavy atom. The maximum absolute atomic E-state index is 5.54. The molecule has 0 amide bonds. The van der Waals surface area contributed by atoms with Crippen LogP contribution in [0.25, 0.3) is 0 Å². The molecule has 0 aliphatic carbocycles. The molecule has 1 fully saturated rings. The van der Waals surface area contributed by atoms with Crippen LogP contribution in [-0.2, 0) is 4.74 Å². The number of aromatic nitrogens is 1. The Balaban J connectivity index is 2.04. The minimum Gasteiger partial charge on any atom is -0.381 e. The van der Waals surface area contributed by atoms with Crippen molar-refractivity contribution in [3.63, 3.8) is 0 Å². The summed E-state index contributed by atoms with van der Waals surface area (Å²) in [4.78, 5) is 4.41. The molecule has 15 heavy (non-hydrogen) atoms. The lowest BCUT2D eigenvalue weighted by Crippen LogP contribution is -2.33. The van der Waals surface area contributed by atoms with Gasteiger partial charge >= 0.3 is 0 Å². The number of ether oxygens (including phenoxy) is 1. The summed E-state index contributed by atoms with van der Waals surface area (Å²) in [5.74, 6) is 0.588. The number of hydrogen-bond donors (Lipinski definition) is 1. The van der Waals surface area contributed by atoms with Crippen LogP contribution >= 0.6 is 11.3 Å². The maximum atomic E-state index is 5.54. The summed E-state index contributed by atoms with van der Waals surface area (Å²) >= 11 is 1.74. The summed E-state index contributed by atoms with van der Waals surface area (Å²) < 4.78 is 5.54. The molecule has 2 atom stereocenters. The van der Waals surface area contributed by atoms with E-state index >= 15 is 0 Å². The summed E-state index contributed by atoms with van der Waals surface area (Å²) in [5.41, 5.74) is 0. The number of rotatable bonds is 4. The molecule has 0 radical (unpaired) electrons. The van der Waals surface area contributed by atoms with Gasteiger partial charge in [0.1, 0.15) is 5.01 Å². The topological polar surface area (TPSA) is 34.2 Å². The van der Waals surface area contributed by atoms with Crippen LogP contribution < -0.4 is 5.32 Å². The molecule has 2 rings (SSSR count). The molecule has 0 spiro atoms. The highest BCUT2D eigenvalue weighted by atomic mass is 32.1. The van der Waals surface area contributed by atoms with Crippen LogP contribution in [-0.4, -0.2) is 24.7 Å². The SMILES string of the molecule is CCNC(c1nccs1)C1CCCOC1. The van der Waals surface area contributed by atoms with Crippen LogP contribution in [0.3, 0.4) is 0 Å². The molecule has 1 N–H and O–H groups in total. The Kier molecular flexibility index (Phi) is 4.11. The minimum atomic E-state index is 0.385. The fourth-order valence-corrected chi connectivity index (χ4v) is 2.90. The number of thiazole rings is 1. The van der Waals surface area contributed by atoms with Crippen LogP contribution in [0.4, 0.5) is 0 Å². The molecule has 1 aromatic heterocycles. The lowest BCUT2D eigenvalue weighted by molar-refractivity contribution is 0.0392. The van der Waals surface area contributed by atoms with Gasteiger partial charge in [-0.1, -0.05) is 6.92 Å². The van der Waals surface area contributed by atoms with Gasteiger partial charge in [0.15, 0.2) is 0 Å². The monoisotopic (exact) mass is 226 g/mol. The van der Waals surface area contributed by atoms with E-state index in [2.05, 4.69) is 17.2 Å². The van der Waals surface area contributed by atoms with Crippen LogP contribution in [0.1, 0.15) is 30.8 Å². The average Bonchev–Trinajstić information content (AvgIpc) is 2.80. The summed E-state index contributed by atoms with van der Waals surface area (Å²) in [6, 6.07) is 0.385. The molecule has 0 bridgehead atoms. The van der Waals surface area contributed by atoms with Crippen LogP contribution in [0.5, 0.6) is 0 Å². The minimum absolute atomic E-state index is 0.385. The third kappa shape index (κ3) is 2.77. The second-order valence-corrected chi connectivity index (χ2v) is 4.81. The molecule has 1 aromatic rings. The first kappa shape index (κ1) is 11.0. The van der Waals surface area contributed by atoms with E-state index < -0.39 is 0 Å². The van der Waals surface area contributed by atoms with Crippen molar-refractivity contribution in [3.05, 3.63) is 16.6 Å². The van der Waals surface area contributed by atoms with Gasteiger partial charge in [-0.2, -0.15) is 0 Å². The number of nitrogens with zero attached hydrogens (tertiary/aromatic N) is 1. The van der Waals surface area contributed by atoms with Crippen molar-refractivity contribution >= 4 is 11.3 Å². The molecule has 0 aromatic carbocycles. The second kappa shape index (κ2) is 5.58. The van der Waals surface area contributed by atoms with Crippen molar-refractivity contribution in [3.8, 4) is 0 Å². The fraction of sp³-hybridized carbons (Fsp3) is 0.727. The van der Waals surface area contributed by atoms with E-state index in [1.54, 1.807) is 11.3 Å². The van der Waals surface area contributed by atoms with Crippen molar-refractivity contribution in [1.29, 1.82) is 0 Å². The molecular weight excluding hydrogens is 208 g/mol. The van der Waals surface area contributed by atoms with E-state index in [-0.39, 0.29) is 0 Å². The fourth-order valence-electron chi connectivity index (χ4n) is 2.09. The van der Waals surface area contributed by atoms with Gasteiger partial charge in [-0.05, 0) is 19.4 Å². The number of hydrogen-bond acceptors (Lipinski definition) is 4. The lowest BCUT2D eigenvalue weighted by Gasteiger charge is -2.29. The third-order valence-corrected chi connectivity index (χ3v) is 3.67. The Hall–Kier alpha value is -0.450. The van der Waals surface area contributed by atoms with Crippen molar-refractivity contribution in [2.24, 2.45) is 5.92 Å². The van der Waals surface area contributed by atoms with Gasteiger partial charge in [0.2, 0.25) is 0 Å². The normalized spacial score (nSPS) is 23.9. The zero-order chi connectivity index (χ0) is 10.5. The molecule has 1 aliphatic heterocycles. The van der Waals surface area contributed by atoms with E-state index in [9.17, 15) is 0 Å². The largest absolute Gasteiger partial charge is 0.381 e. The lowest BCUT2D eigenvalue weighted by atomic mass is 9.94. The first-order valence-corrected chi connectivity index (χ1v) is 6.50. The van der Waals surface area contributed by atoms with Gasteiger partial charge < -0.3 is 10.1 Å². The van der Waals surface area contributed by atoms with Crippen molar-refractivity contribution < 1.29 is 4.74 Å². The van der Waals surface area contributed by atoms with E-state index in [1.165, 1.54) is 17.8 Å². The zero-order valence-corrected chi connectivity index (χ0v) is 9.93. The Bertz CT molecular complexity index is 270. The Labute approximate surface area is 94.9 Å². The highest BCUT2D eigenvalue weighted by Crippen LogP contribution is 2.29. The van der Waals surface area contributed by atoms with Crippen molar-refractivity contribution in [2.45, 2.75) is 25.8 Å². The first-order chi connectivity index (χ1) is 7.42. The second-order valence-electron chi connectivity index (χ2n) is 3.88. The summed E-state index contributed by atoms with van der Waals surface area (Å²) in [6.07, 6.45) is 4.31. The van der Waals surface area contributed by atoms with Crippen LogP contribution in [0.15, 0.2) is 11.6 Å². The van der Waals surface area contributed by atoms with Gasteiger partial charge in [-0.3, -0.25) is 0 Å². The predicted molar refractivity (Wildman–Crippen MR) is 62.1 cm³/mol. The van der Waals surface area contributed by atoms with Gasteiger partial charge in [0.05, 0.1) is 12.6 Å². The van der Waals surface area contributed by atoms with Gasteiger partial charge in [-0.25, -0.2) is 4.98 Å². The van der Waals surface area contributed by atoms with Crippen molar-refractivity contribution in [2.75, 3.05) is 19.8 Å². The quantitative estimate of drug-likeness (QED) is 0.855. The molecular formula is C11H18N2OS. The van der Waals surface area contributed by atoms with Gasteiger partial charge in [0, 0.05) is 24.1 Å². The van der Waals surface area contributed by atoms with E-state index in [4.69, 9.17) is 4.74 Å². The summed E-state index contributed by atoms with van der Waals surface area (Å²) in [5, 5.41) is 6.77. The molecule has 0 saturated carbocycles. The van der Waals surface area contributed by atoms with E-state index in [0.717, 1.165) is 19.8 Å². The molecule has 1 saturated heterocycles. The maximum Gasteiger partial charge on any atom is 0.110 e. The third-order valence-electron chi connectivity index (χ3n) is 2.81. The predicted octanol–water partition coefficient (Wildman–Crippen LogP) is 2.22.